The first-order valence-electron chi connectivity index (χ1n) is 5.58. The van der Waals surface area contributed by atoms with Crippen molar-refractivity contribution in [3.8, 4) is 11.6 Å². The summed E-state index contributed by atoms with van der Waals surface area (Å²) in [5.41, 5.74) is 0.983. The summed E-state index contributed by atoms with van der Waals surface area (Å²) in [5.74, 6) is -0.138. The highest BCUT2D eigenvalue weighted by molar-refractivity contribution is 5.79. The number of aromatic nitrogens is 2. The smallest absolute Gasteiger partial charge is 0.333 e. The average Bonchev–Trinajstić information content (AvgIpc) is 2.75. The first-order chi connectivity index (χ1) is 9.22. The Hall–Kier alpha value is -2.76. The van der Waals surface area contributed by atoms with Gasteiger partial charge in [0.05, 0.1) is 18.1 Å². The highest BCUT2D eigenvalue weighted by Crippen LogP contribution is 2.13. The van der Waals surface area contributed by atoms with Crippen LogP contribution < -0.4 is 5.69 Å². The van der Waals surface area contributed by atoms with E-state index in [1.54, 1.807) is 36.6 Å². The number of aromatic hydroxyl groups is 1. The summed E-state index contributed by atoms with van der Waals surface area (Å²) < 4.78 is 1.16. The summed E-state index contributed by atoms with van der Waals surface area (Å²) >= 11 is 0. The molecule has 0 fully saturated rings. The quantitative estimate of drug-likeness (QED) is 0.369. The van der Waals surface area contributed by atoms with Crippen LogP contribution in [-0.2, 0) is 4.84 Å². The maximum Gasteiger partial charge on any atom is 0.333 e. The normalized spacial score (nSPS) is 10.7. The lowest BCUT2D eigenvalue weighted by Gasteiger charge is -2.02. The maximum atomic E-state index is 11.5. The second-order valence-electron chi connectivity index (χ2n) is 3.70. The Bertz CT molecular complexity index is 638. The van der Waals surface area contributed by atoms with E-state index in [1.807, 2.05) is 0 Å². The molecule has 0 atom stereocenters. The summed E-state index contributed by atoms with van der Waals surface area (Å²) in [6.07, 6.45) is 4.38. The topological polar surface area (TPSA) is 79.6 Å². The number of hydrogen-bond donors (Lipinski definition) is 2. The molecule has 2 N–H and O–H groups in total. The van der Waals surface area contributed by atoms with Crippen LogP contribution in [0.1, 0.15) is 5.56 Å². The largest absolute Gasteiger partial charge is 0.493 e. The molecule has 6 heteroatoms. The molecule has 0 bridgehead atoms. The Morgan fingerprint density at radius 2 is 2.16 bits per heavy atom. The fourth-order valence-electron chi connectivity index (χ4n) is 1.51. The minimum absolute atomic E-state index is 0.138. The molecule has 0 radical (unpaired) electrons. The molecule has 0 saturated carbocycles. The van der Waals surface area contributed by atoms with Gasteiger partial charge in [-0.3, -0.25) is 0 Å². The summed E-state index contributed by atoms with van der Waals surface area (Å²) in [6.45, 7) is 3.85. The number of benzene rings is 1. The Morgan fingerprint density at radius 1 is 1.42 bits per heavy atom. The third-order valence-electron chi connectivity index (χ3n) is 2.38. The minimum atomic E-state index is -0.395. The van der Waals surface area contributed by atoms with Gasteiger partial charge in [-0.15, -0.1) is 0 Å². The van der Waals surface area contributed by atoms with Gasteiger partial charge in [-0.1, -0.05) is 29.9 Å². The number of nitrogens with zero attached hydrogens (tertiary/aromatic N) is 2. The van der Waals surface area contributed by atoms with Crippen LogP contribution in [0, 0.1) is 0 Å². The zero-order valence-electron chi connectivity index (χ0n) is 10.1. The molecule has 1 heterocycles. The second-order valence-corrected chi connectivity index (χ2v) is 3.70. The van der Waals surface area contributed by atoms with E-state index in [-0.39, 0.29) is 5.88 Å². The number of imidazole rings is 1. The molecular weight excluding hydrogens is 246 g/mol. The first kappa shape index (κ1) is 12.7. The number of oxime groups is 1. The standard InChI is InChI=1S/C13H13N3O3/c1-2-7-19-15-8-10-3-5-11(6-4-10)16-12(17)9-14-13(16)18/h2-6,8-9,17H,1,7H2,(H,14,18). The lowest BCUT2D eigenvalue weighted by Crippen LogP contribution is -2.14. The molecule has 98 valence electrons. The van der Waals surface area contributed by atoms with E-state index in [9.17, 15) is 9.90 Å². The molecule has 0 aliphatic carbocycles. The number of aromatic amines is 1. The Balaban J connectivity index is 2.17. The van der Waals surface area contributed by atoms with Gasteiger partial charge in [0.25, 0.3) is 0 Å². The highest BCUT2D eigenvalue weighted by Gasteiger charge is 2.06. The van der Waals surface area contributed by atoms with E-state index >= 15 is 0 Å². The van der Waals surface area contributed by atoms with Gasteiger partial charge in [0.1, 0.15) is 6.61 Å². The Morgan fingerprint density at radius 3 is 2.74 bits per heavy atom. The molecule has 6 nitrogen and oxygen atoms in total. The summed E-state index contributed by atoms with van der Waals surface area (Å²) in [5, 5.41) is 13.3. The van der Waals surface area contributed by atoms with Crippen LogP contribution in [0.4, 0.5) is 0 Å². The Kier molecular flexibility index (Phi) is 3.82. The van der Waals surface area contributed by atoms with Crippen molar-refractivity contribution in [1.82, 2.24) is 9.55 Å². The number of nitrogens with one attached hydrogen (secondary N) is 1. The maximum absolute atomic E-state index is 11.5. The van der Waals surface area contributed by atoms with Crippen molar-refractivity contribution < 1.29 is 9.94 Å². The van der Waals surface area contributed by atoms with Crippen molar-refractivity contribution in [2.24, 2.45) is 5.16 Å². The van der Waals surface area contributed by atoms with Crippen molar-refractivity contribution in [2.45, 2.75) is 0 Å². The van der Waals surface area contributed by atoms with Crippen LogP contribution in [0.25, 0.3) is 5.69 Å². The van der Waals surface area contributed by atoms with Gasteiger partial charge < -0.3 is 14.9 Å². The van der Waals surface area contributed by atoms with Gasteiger partial charge in [-0.2, -0.15) is 0 Å². The number of hydrogen-bond acceptors (Lipinski definition) is 4. The third kappa shape index (κ3) is 2.92. The van der Waals surface area contributed by atoms with Crippen LogP contribution in [0.2, 0.25) is 0 Å². The molecule has 0 saturated heterocycles. The van der Waals surface area contributed by atoms with Gasteiger partial charge in [-0.25, -0.2) is 9.36 Å². The lowest BCUT2D eigenvalue weighted by atomic mass is 10.2. The van der Waals surface area contributed by atoms with Crippen LogP contribution in [0.3, 0.4) is 0 Å². The molecule has 0 amide bonds. The van der Waals surface area contributed by atoms with Crippen molar-refractivity contribution in [2.75, 3.05) is 6.61 Å². The summed E-state index contributed by atoms with van der Waals surface area (Å²) in [6, 6.07) is 6.91. The molecule has 1 aromatic heterocycles. The monoisotopic (exact) mass is 259 g/mol. The molecule has 0 aliphatic heterocycles. The van der Waals surface area contributed by atoms with Crippen LogP contribution in [-0.4, -0.2) is 27.5 Å². The van der Waals surface area contributed by atoms with Crippen molar-refractivity contribution >= 4 is 6.21 Å². The van der Waals surface area contributed by atoms with E-state index in [0.29, 0.717) is 12.3 Å². The van der Waals surface area contributed by atoms with Crippen LogP contribution in [0.15, 0.2) is 53.1 Å². The first-order valence-corrected chi connectivity index (χ1v) is 5.58. The molecule has 2 rings (SSSR count). The fourth-order valence-corrected chi connectivity index (χ4v) is 1.51. The lowest BCUT2D eigenvalue weighted by molar-refractivity contribution is 0.176. The van der Waals surface area contributed by atoms with E-state index in [1.165, 1.54) is 6.20 Å². The van der Waals surface area contributed by atoms with E-state index in [4.69, 9.17) is 4.84 Å². The molecule has 1 aromatic carbocycles. The van der Waals surface area contributed by atoms with Crippen molar-refractivity contribution in [1.29, 1.82) is 0 Å². The zero-order chi connectivity index (χ0) is 13.7. The van der Waals surface area contributed by atoms with E-state index < -0.39 is 5.69 Å². The van der Waals surface area contributed by atoms with Gasteiger partial charge in [-0.05, 0) is 17.7 Å². The van der Waals surface area contributed by atoms with Gasteiger partial charge in [0, 0.05) is 0 Å². The van der Waals surface area contributed by atoms with Crippen LogP contribution >= 0.6 is 0 Å². The summed E-state index contributed by atoms with van der Waals surface area (Å²) in [4.78, 5) is 18.7. The van der Waals surface area contributed by atoms with Crippen molar-refractivity contribution in [3.63, 3.8) is 0 Å². The number of H-pyrrole nitrogens is 1. The third-order valence-corrected chi connectivity index (χ3v) is 2.38. The second kappa shape index (κ2) is 5.72. The van der Waals surface area contributed by atoms with Gasteiger partial charge >= 0.3 is 5.69 Å². The number of rotatable bonds is 5. The van der Waals surface area contributed by atoms with Crippen LogP contribution in [0.5, 0.6) is 5.88 Å². The Labute approximate surface area is 109 Å². The predicted octanol–water partition coefficient (Wildman–Crippen LogP) is 1.41. The van der Waals surface area contributed by atoms with Crippen molar-refractivity contribution in [3.05, 3.63) is 59.2 Å². The molecule has 19 heavy (non-hydrogen) atoms. The SMILES string of the molecule is C=CCON=Cc1ccc(-n2c(O)c[nH]c2=O)cc1. The fraction of sp³-hybridized carbons (Fsp3) is 0.0769. The predicted molar refractivity (Wildman–Crippen MR) is 71.8 cm³/mol. The molecule has 0 unspecified atom stereocenters. The minimum Gasteiger partial charge on any atom is -0.493 e. The van der Waals surface area contributed by atoms with E-state index in [2.05, 4.69) is 16.7 Å². The highest BCUT2D eigenvalue weighted by atomic mass is 16.6. The average molecular weight is 259 g/mol. The van der Waals surface area contributed by atoms with Gasteiger partial charge in [0.2, 0.25) is 5.88 Å². The summed E-state index contributed by atoms with van der Waals surface area (Å²) in [7, 11) is 0. The van der Waals surface area contributed by atoms with E-state index in [0.717, 1.165) is 10.1 Å². The van der Waals surface area contributed by atoms with Gasteiger partial charge in [0.15, 0.2) is 0 Å². The molecule has 2 aromatic rings. The molecular formula is C13H13N3O3. The molecule has 0 spiro atoms. The zero-order valence-corrected chi connectivity index (χ0v) is 10.1. The molecule has 0 aliphatic rings.